The number of nitrogens with one attached hydrogen (secondary N) is 3. The van der Waals surface area contributed by atoms with E-state index in [9.17, 15) is 0 Å². The van der Waals surface area contributed by atoms with E-state index >= 15 is 0 Å². The monoisotopic (exact) mass is 277 g/mol. The Balaban J connectivity index is 1.72. The summed E-state index contributed by atoms with van der Waals surface area (Å²) in [6.07, 6.45) is 6.23. The molecule has 3 nitrogen and oxygen atoms in total. The van der Waals surface area contributed by atoms with E-state index in [1.54, 1.807) is 0 Å². The van der Waals surface area contributed by atoms with E-state index in [2.05, 4.69) is 47.9 Å². The van der Waals surface area contributed by atoms with Gasteiger partial charge in [-0.25, -0.2) is 0 Å². The van der Waals surface area contributed by atoms with Crippen molar-refractivity contribution in [1.82, 2.24) is 0 Å². The van der Waals surface area contributed by atoms with Crippen LogP contribution >= 0.6 is 0 Å². The van der Waals surface area contributed by atoms with Crippen molar-refractivity contribution in [3.8, 4) is 0 Å². The number of fused-ring (bicyclic) bond motifs is 1. The second-order valence-electron chi connectivity index (χ2n) is 5.16. The molecule has 0 spiro atoms. The van der Waals surface area contributed by atoms with E-state index in [1.165, 1.54) is 16.7 Å². The quantitative estimate of drug-likeness (QED) is 0.579. The molecule has 0 heterocycles. The van der Waals surface area contributed by atoms with Crippen LogP contribution in [0.2, 0.25) is 0 Å². The Labute approximate surface area is 125 Å². The summed E-state index contributed by atoms with van der Waals surface area (Å²) >= 11 is 0. The molecule has 1 aliphatic carbocycles. The molecule has 0 unspecified atom stereocenters. The van der Waals surface area contributed by atoms with Gasteiger partial charge in [-0.05, 0) is 42.2 Å². The van der Waals surface area contributed by atoms with Crippen molar-refractivity contribution >= 4 is 23.4 Å². The SMILES string of the molecule is CCc1cccc(NC(=N)Nc2cccc3c2C=CC3)c1. The number of hydrogen-bond donors (Lipinski definition) is 3. The van der Waals surface area contributed by atoms with Gasteiger partial charge in [-0.3, -0.25) is 5.41 Å². The third-order valence-corrected chi connectivity index (χ3v) is 3.68. The Morgan fingerprint density at radius 2 is 2.00 bits per heavy atom. The van der Waals surface area contributed by atoms with Crippen LogP contribution < -0.4 is 10.6 Å². The molecule has 106 valence electrons. The highest BCUT2D eigenvalue weighted by molar-refractivity contribution is 6.02. The van der Waals surface area contributed by atoms with Crippen molar-refractivity contribution in [1.29, 1.82) is 5.41 Å². The Bertz CT molecular complexity index is 701. The lowest BCUT2D eigenvalue weighted by Gasteiger charge is -2.13. The first-order valence-electron chi connectivity index (χ1n) is 7.26. The van der Waals surface area contributed by atoms with Crippen LogP contribution in [0.15, 0.2) is 48.5 Å². The Morgan fingerprint density at radius 3 is 2.86 bits per heavy atom. The number of anilines is 2. The minimum Gasteiger partial charge on any atom is -0.326 e. The van der Waals surface area contributed by atoms with Crippen LogP contribution in [-0.4, -0.2) is 5.96 Å². The first-order valence-corrected chi connectivity index (χ1v) is 7.26. The zero-order chi connectivity index (χ0) is 14.7. The number of hydrogen-bond acceptors (Lipinski definition) is 1. The zero-order valence-electron chi connectivity index (χ0n) is 12.1. The van der Waals surface area contributed by atoms with Crippen molar-refractivity contribution in [2.24, 2.45) is 0 Å². The second-order valence-corrected chi connectivity index (χ2v) is 5.16. The summed E-state index contributed by atoms with van der Waals surface area (Å²) in [5.41, 5.74) is 5.67. The van der Waals surface area contributed by atoms with Crippen molar-refractivity contribution < 1.29 is 0 Å². The van der Waals surface area contributed by atoms with E-state index in [0.29, 0.717) is 0 Å². The Morgan fingerprint density at radius 1 is 1.14 bits per heavy atom. The average molecular weight is 277 g/mol. The molecule has 0 saturated carbocycles. The first kappa shape index (κ1) is 13.4. The van der Waals surface area contributed by atoms with Gasteiger partial charge in [-0.1, -0.05) is 43.3 Å². The summed E-state index contributed by atoms with van der Waals surface area (Å²) in [7, 11) is 0. The largest absolute Gasteiger partial charge is 0.326 e. The topological polar surface area (TPSA) is 47.9 Å². The fourth-order valence-corrected chi connectivity index (χ4v) is 2.58. The lowest BCUT2D eigenvalue weighted by Crippen LogP contribution is -2.21. The summed E-state index contributed by atoms with van der Waals surface area (Å²) in [5.74, 6) is 0.289. The van der Waals surface area contributed by atoms with Crippen molar-refractivity contribution in [2.45, 2.75) is 19.8 Å². The van der Waals surface area contributed by atoms with Crippen LogP contribution in [0.25, 0.3) is 6.08 Å². The molecule has 1 aliphatic rings. The van der Waals surface area contributed by atoms with Gasteiger partial charge in [0.2, 0.25) is 0 Å². The summed E-state index contributed by atoms with van der Waals surface area (Å²) in [4.78, 5) is 0. The van der Waals surface area contributed by atoms with Gasteiger partial charge in [0.15, 0.2) is 5.96 Å². The highest BCUT2D eigenvalue weighted by Gasteiger charge is 2.10. The van der Waals surface area contributed by atoms with E-state index in [4.69, 9.17) is 5.41 Å². The number of aryl methyl sites for hydroxylation is 1. The van der Waals surface area contributed by atoms with Gasteiger partial charge < -0.3 is 10.6 Å². The van der Waals surface area contributed by atoms with E-state index in [0.717, 1.165) is 24.2 Å². The maximum Gasteiger partial charge on any atom is 0.197 e. The Kier molecular flexibility index (Phi) is 3.73. The van der Waals surface area contributed by atoms with Gasteiger partial charge in [0.25, 0.3) is 0 Å². The fraction of sp³-hybridized carbons (Fsp3) is 0.167. The third kappa shape index (κ3) is 2.97. The highest BCUT2D eigenvalue weighted by Crippen LogP contribution is 2.27. The standard InChI is InChI=1S/C18H19N3/c1-2-13-6-3-9-15(12-13)20-18(19)21-17-11-5-8-14-7-4-10-16(14)17/h3-6,8-12H,2,7H2,1H3,(H3,19,20,21). The molecule has 0 bridgehead atoms. The lowest BCUT2D eigenvalue weighted by molar-refractivity contribution is 1.14. The molecule has 0 saturated heterocycles. The highest BCUT2D eigenvalue weighted by atomic mass is 15.1. The summed E-state index contributed by atoms with van der Waals surface area (Å²) in [6.45, 7) is 2.13. The van der Waals surface area contributed by atoms with Gasteiger partial charge in [-0.2, -0.15) is 0 Å². The Hall–Kier alpha value is -2.55. The molecule has 2 aromatic carbocycles. The number of allylic oxidation sites excluding steroid dienone is 1. The van der Waals surface area contributed by atoms with Crippen LogP contribution in [0.1, 0.15) is 23.6 Å². The third-order valence-electron chi connectivity index (χ3n) is 3.68. The summed E-state index contributed by atoms with van der Waals surface area (Å²) in [5, 5.41) is 14.4. The number of guanidine groups is 1. The molecule has 0 atom stereocenters. The molecule has 0 aliphatic heterocycles. The maximum atomic E-state index is 8.11. The van der Waals surface area contributed by atoms with Crippen LogP contribution in [0, 0.1) is 5.41 Å². The first-order chi connectivity index (χ1) is 10.3. The van der Waals surface area contributed by atoms with Crippen molar-refractivity contribution in [2.75, 3.05) is 10.6 Å². The molecular weight excluding hydrogens is 258 g/mol. The van der Waals surface area contributed by atoms with Crippen molar-refractivity contribution in [3.05, 3.63) is 65.2 Å². The van der Waals surface area contributed by atoms with Gasteiger partial charge in [0.1, 0.15) is 0 Å². The maximum absolute atomic E-state index is 8.11. The van der Waals surface area contributed by atoms with Gasteiger partial charge in [-0.15, -0.1) is 0 Å². The minimum atomic E-state index is 0.289. The van der Waals surface area contributed by atoms with Gasteiger partial charge in [0.05, 0.1) is 0 Å². The summed E-state index contributed by atoms with van der Waals surface area (Å²) < 4.78 is 0. The molecule has 0 fully saturated rings. The van der Waals surface area contributed by atoms with Crippen LogP contribution in [-0.2, 0) is 12.8 Å². The average Bonchev–Trinajstić information content (AvgIpc) is 2.97. The molecule has 21 heavy (non-hydrogen) atoms. The predicted octanol–water partition coefficient (Wildman–Crippen LogP) is 4.28. The lowest BCUT2D eigenvalue weighted by atomic mass is 10.1. The second kappa shape index (κ2) is 5.83. The van der Waals surface area contributed by atoms with E-state index in [1.807, 2.05) is 24.3 Å². The molecular formula is C18H19N3. The molecule has 2 aromatic rings. The van der Waals surface area contributed by atoms with E-state index < -0.39 is 0 Å². The zero-order valence-corrected chi connectivity index (χ0v) is 12.1. The van der Waals surface area contributed by atoms with Crippen LogP contribution in [0.4, 0.5) is 11.4 Å². The predicted molar refractivity (Wildman–Crippen MR) is 90.0 cm³/mol. The molecule has 3 rings (SSSR count). The normalized spacial score (nSPS) is 12.0. The van der Waals surface area contributed by atoms with Crippen LogP contribution in [0.5, 0.6) is 0 Å². The van der Waals surface area contributed by atoms with Gasteiger partial charge >= 0.3 is 0 Å². The summed E-state index contributed by atoms with van der Waals surface area (Å²) in [6, 6.07) is 14.3. The minimum absolute atomic E-state index is 0.289. The van der Waals surface area contributed by atoms with Gasteiger partial charge in [0, 0.05) is 16.9 Å². The van der Waals surface area contributed by atoms with Crippen LogP contribution in [0.3, 0.4) is 0 Å². The fourth-order valence-electron chi connectivity index (χ4n) is 2.58. The number of benzene rings is 2. The van der Waals surface area contributed by atoms with Crippen molar-refractivity contribution in [3.63, 3.8) is 0 Å². The molecule has 3 N–H and O–H groups in total. The molecule has 0 aromatic heterocycles. The molecule has 0 amide bonds. The molecule has 3 heteroatoms. The smallest absolute Gasteiger partial charge is 0.197 e. The molecule has 0 radical (unpaired) electrons. The van der Waals surface area contributed by atoms with E-state index in [-0.39, 0.29) is 5.96 Å². The number of rotatable bonds is 3.